The molecule has 0 aliphatic rings. The average Bonchev–Trinajstić information content (AvgIpc) is 2.26. The van der Waals surface area contributed by atoms with E-state index in [0.29, 0.717) is 0 Å². The molecule has 0 N–H and O–H groups in total. The minimum Gasteiger partial charge on any atom is -0.406 e. The highest BCUT2D eigenvalue weighted by molar-refractivity contribution is 7.85. The Hall–Kier alpha value is -1.44. The minimum absolute atomic E-state index is 0.232. The summed E-state index contributed by atoms with van der Waals surface area (Å²) in [5.41, 5.74) is -0.232. The zero-order valence-corrected chi connectivity index (χ0v) is 11.8. The maximum Gasteiger partial charge on any atom is 0.573 e. The fourth-order valence-electron chi connectivity index (χ4n) is 1.08. The van der Waals surface area contributed by atoms with Crippen molar-refractivity contribution in [2.45, 2.75) is 31.9 Å². The van der Waals surface area contributed by atoms with Crippen molar-refractivity contribution in [3.63, 3.8) is 0 Å². The molecule has 0 saturated carbocycles. The molecule has 0 fully saturated rings. The molecule has 0 aromatic heterocycles. The van der Waals surface area contributed by atoms with Crippen molar-refractivity contribution in [3.8, 4) is 5.75 Å². The molecule has 112 valence electrons. The molecule has 0 aliphatic carbocycles. The quantitative estimate of drug-likeness (QED) is 0.632. The topological polar surface area (TPSA) is 38.7 Å². The SMILES string of the molecule is CC(C)(C)[S@](=O)N=Cc1cc(OC(F)(F)F)ccc1F. The Morgan fingerprint density at radius 3 is 2.35 bits per heavy atom. The highest BCUT2D eigenvalue weighted by Crippen LogP contribution is 2.24. The number of hydrogen-bond acceptors (Lipinski definition) is 2. The second-order valence-electron chi connectivity index (χ2n) is 4.83. The van der Waals surface area contributed by atoms with Gasteiger partial charge in [0.25, 0.3) is 0 Å². The average molecular weight is 311 g/mol. The van der Waals surface area contributed by atoms with Crippen LogP contribution in [0.3, 0.4) is 0 Å². The van der Waals surface area contributed by atoms with E-state index in [2.05, 4.69) is 9.13 Å². The molecule has 0 heterocycles. The van der Waals surface area contributed by atoms with Gasteiger partial charge in [-0.3, -0.25) is 0 Å². The number of nitrogens with zero attached hydrogens (tertiary/aromatic N) is 1. The fourth-order valence-corrected chi connectivity index (χ4v) is 1.61. The Bertz CT molecular complexity index is 535. The lowest BCUT2D eigenvalue weighted by Gasteiger charge is -2.13. The smallest absolute Gasteiger partial charge is 0.406 e. The maximum absolute atomic E-state index is 13.4. The van der Waals surface area contributed by atoms with Crippen molar-refractivity contribution in [2.24, 2.45) is 4.40 Å². The molecule has 8 heteroatoms. The van der Waals surface area contributed by atoms with Crippen molar-refractivity contribution in [3.05, 3.63) is 29.6 Å². The van der Waals surface area contributed by atoms with Crippen molar-refractivity contribution >= 4 is 17.2 Å². The molecule has 0 saturated heterocycles. The zero-order valence-electron chi connectivity index (χ0n) is 11.0. The lowest BCUT2D eigenvalue weighted by atomic mass is 10.2. The molecule has 20 heavy (non-hydrogen) atoms. The van der Waals surface area contributed by atoms with Gasteiger partial charge in [0.05, 0.1) is 4.75 Å². The van der Waals surface area contributed by atoms with Gasteiger partial charge in [-0.05, 0) is 39.0 Å². The minimum atomic E-state index is -4.86. The summed E-state index contributed by atoms with van der Waals surface area (Å²) in [4.78, 5) is 0. The van der Waals surface area contributed by atoms with Crippen LogP contribution in [0.5, 0.6) is 5.75 Å². The van der Waals surface area contributed by atoms with Crippen LogP contribution in [0.1, 0.15) is 26.3 Å². The molecule has 3 nitrogen and oxygen atoms in total. The predicted molar refractivity (Wildman–Crippen MR) is 68.6 cm³/mol. The van der Waals surface area contributed by atoms with Gasteiger partial charge in [-0.2, -0.15) is 4.40 Å². The summed E-state index contributed by atoms with van der Waals surface area (Å²) in [6.45, 7) is 5.00. The highest BCUT2D eigenvalue weighted by Gasteiger charge is 2.31. The second kappa shape index (κ2) is 5.90. The first-order chi connectivity index (χ1) is 8.99. The standard InChI is InChI=1S/C12H13F4NO2S/c1-11(2,3)20(18)17-7-8-6-9(4-5-10(8)13)19-12(14,15)16/h4-7H,1-3H3/t20-/m0/s1. The normalized spacial score (nSPS) is 14.6. The highest BCUT2D eigenvalue weighted by atomic mass is 32.2. The molecule has 0 spiro atoms. The lowest BCUT2D eigenvalue weighted by molar-refractivity contribution is -0.274. The number of benzene rings is 1. The molecule has 0 aliphatic heterocycles. The molecule has 1 atom stereocenters. The first-order valence-electron chi connectivity index (χ1n) is 5.50. The third kappa shape index (κ3) is 5.28. The molecular formula is C12H13F4NO2S. The van der Waals surface area contributed by atoms with Gasteiger partial charge in [0.15, 0.2) is 0 Å². The fraction of sp³-hybridized carbons (Fsp3) is 0.417. The first-order valence-corrected chi connectivity index (χ1v) is 6.61. The van der Waals surface area contributed by atoms with Crippen LogP contribution in [0.25, 0.3) is 0 Å². The summed E-state index contributed by atoms with van der Waals surface area (Å²) in [7, 11) is -1.63. The largest absolute Gasteiger partial charge is 0.573 e. The molecule has 1 aromatic carbocycles. The third-order valence-electron chi connectivity index (χ3n) is 2.01. The van der Waals surface area contributed by atoms with Crippen LogP contribution in [0, 0.1) is 5.82 Å². The second-order valence-corrected chi connectivity index (χ2v) is 6.76. The summed E-state index contributed by atoms with van der Waals surface area (Å²) in [6.07, 6.45) is -3.93. The van der Waals surface area contributed by atoms with Crippen LogP contribution < -0.4 is 4.74 Å². The van der Waals surface area contributed by atoms with Gasteiger partial charge in [0.2, 0.25) is 0 Å². The Labute approximate surface area is 116 Å². The maximum atomic E-state index is 13.4. The summed E-state index contributed by atoms with van der Waals surface area (Å²) < 4.78 is 67.9. The van der Waals surface area contributed by atoms with Crippen LogP contribution in [0.4, 0.5) is 17.6 Å². The summed E-state index contributed by atoms with van der Waals surface area (Å²) in [5.74, 6) is -1.35. The van der Waals surface area contributed by atoms with Crippen molar-refractivity contribution in [1.29, 1.82) is 0 Å². The monoisotopic (exact) mass is 311 g/mol. The van der Waals surface area contributed by atoms with Gasteiger partial charge < -0.3 is 4.74 Å². The van der Waals surface area contributed by atoms with Gasteiger partial charge in [-0.1, -0.05) is 0 Å². The van der Waals surface area contributed by atoms with E-state index in [1.165, 1.54) is 0 Å². The Kier molecular flexibility index (Phi) is 4.90. The number of alkyl halides is 3. The molecule has 0 radical (unpaired) electrons. The summed E-state index contributed by atoms with van der Waals surface area (Å²) >= 11 is 0. The van der Waals surface area contributed by atoms with Gasteiger partial charge in [-0.15, -0.1) is 13.2 Å². The Morgan fingerprint density at radius 2 is 1.85 bits per heavy atom. The molecule has 1 rings (SSSR count). The van der Waals surface area contributed by atoms with Gasteiger partial charge in [0, 0.05) is 11.8 Å². The van der Waals surface area contributed by atoms with E-state index in [9.17, 15) is 21.8 Å². The van der Waals surface area contributed by atoms with Crippen LogP contribution >= 0.6 is 0 Å². The van der Waals surface area contributed by atoms with E-state index >= 15 is 0 Å². The number of halogens is 4. The number of ether oxygens (including phenoxy) is 1. The van der Waals surface area contributed by atoms with Crippen molar-refractivity contribution in [2.75, 3.05) is 0 Å². The van der Waals surface area contributed by atoms with Crippen LogP contribution in [-0.2, 0) is 11.0 Å². The van der Waals surface area contributed by atoms with E-state index in [4.69, 9.17) is 0 Å². The zero-order chi connectivity index (χ0) is 15.6. The number of rotatable bonds is 3. The molecule has 1 aromatic rings. The predicted octanol–water partition coefficient (Wildman–Crippen LogP) is 3.61. The van der Waals surface area contributed by atoms with E-state index < -0.39 is 33.7 Å². The Morgan fingerprint density at radius 1 is 1.25 bits per heavy atom. The molecule has 0 bridgehead atoms. The first kappa shape index (κ1) is 16.6. The van der Waals surface area contributed by atoms with E-state index in [-0.39, 0.29) is 5.56 Å². The van der Waals surface area contributed by atoms with Crippen molar-refractivity contribution in [1.82, 2.24) is 0 Å². The van der Waals surface area contributed by atoms with Gasteiger partial charge in [0.1, 0.15) is 22.6 Å². The van der Waals surface area contributed by atoms with Gasteiger partial charge >= 0.3 is 6.36 Å². The lowest BCUT2D eigenvalue weighted by Crippen LogP contribution is -2.19. The van der Waals surface area contributed by atoms with E-state index in [1.54, 1.807) is 20.8 Å². The van der Waals surface area contributed by atoms with E-state index in [1.807, 2.05) is 0 Å². The summed E-state index contributed by atoms with van der Waals surface area (Å²) in [5, 5.41) is 0. The van der Waals surface area contributed by atoms with Crippen LogP contribution in [0.15, 0.2) is 22.6 Å². The van der Waals surface area contributed by atoms with E-state index in [0.717, 1.165) is 24.4 Å². The van der Waals surface area contributed by atoms with Crippen molar-refractivity contribution < 1.29 is 26.5 Å². The number of hydrogen-bond donors (Lipinski definition) is 0. The molecule has 0 unspecified atom stereocenters. The third-order valence-corrected chi connectivity index (χ3v) is 3.36. The summed E-state index contributed by atoms with van der Waals surface area (Å²) in [6, 6.07) is 2.51. The van der Waals surface area contributed by atoms with Crippen LogP contribution in [-0.4, -0.2) is 21.5 Å². The molecule has 0 amide bonds. The molecular weight excluding hydrogens is 298 g/mol. The Balaban J connectivity index is 2.98. The van der Waals surface area contributed by atoms with Crippen LogP contribution in [0.2, 0.25) is 0 Å². The van der Waals surface area contributed by atoms with Gasteiger partial charge in [-0.25, -0.2) is 8.60 Å².